The van der Waals surface area contributed by atoms with Crippen molar-refractivity contribution in [3.05, 3.63) is 41.3 Å². The Morgan fingerprint density at radius 2 is 2.12 bits per heavy atom. The third-order valence-corrected chi connectivity index (χ3v) is 4.18. The molecule has 1 fully saturated rings. The van der Waals surface area contributed by atoms with Crippen molar-refractivity contribution >= 4 is 34.7 Å². The van der Waals surface area contributed by atoms with Gasteiger partial charge in [-0.3, -0.25) is 4.79 Å². The third-order valence-electron chi connectivity index (χ3n) is 3.95. The Kier molecular flexibility index (Phi) is 4.82. The lowest BCUT2D eigenvalue weighted by Crippen LogP contribution is -2.43. The van der Waals surface area contributed by atoms with E-state index in [-0.39, 0.29) is 17.6 Å². The van der Waals surface area contributed by atoms with Crippen LogP contribution in [0.4, 0.5) is 17.2 Å². The monoisotopic (exact) mass is 346 g/mol. The van der Waals surface area contributed by atoms with Gasteiger partial charge in [0.2, 0.25) is 0 Å². The first kappa shape index (κ1) is 16.5. The largest absolute Gasteiger partial charge is 0.382 e. The summed E-state index contributed by atoms with van der Waals surface area (Å²) in [6.07, 6.45) is 4.87. The van der Waals surface area contributed by atoms with Crippen LogP contribution in [0.25, 0.3) is 0 Å². The summed E-state index contributed by atoms with van der Waals surface area (Å²) in [4.78, 5) is 22.5. The van der Waals surface area contributed by atoms with Gasteiger partial charge in [0, 0.05) is 36.5 Å². The van der Waals surface area contributed by atoms with Crippen molar-refractivity contribution in [3.8, 4) is 0 Å². The van der Waals surface area contributed by atoms with Crippen molar-refractivity contribution < 1.29 is 4.79 Å². The minimum absolute atomic E-state index is 0.0820. The average Bonchev–Trinajstić information content (AvgIpc) is 2.55. The van der Waals surface area contributed by atoms with Crippen molar-refractivity contribution in [1.29, 1.82) is 0 Å². The van der Waals surface area contributed by atoms with E-state index in [1.807, 2.05) is 6.07 Å². The summed E-state index contributed by atoms with van der Waals surface area (Å²) < 4.78 is 0. The molecule has 126 valence electrons. The molecule has 8 heteroatoms. The van der Waals surface area contributed by atoms with E-state index in [0.717, 1.165) is 31.6 Å². The number of amides is 1. The Morgan fingerprint density at radius 3 is 2.88 bits per heavy atom. The van der Waals surface area contributed by atoms with E-state index in [2.05, 4.69) is 20.2 Å². The Balaban J connectivity index is 1.88. The van der Waals surface area contributed by atoms with Gasteiger partial charge in [-0.15, -0.1) is 0 Å². The van der Waals surface area contributed by atoms with Gasteiger partial charge < -0.3 is 21.7 Å². The molecular weight excluding hydrogens is 328 g/mol. The summed E-state index contributed by atoms with van der Waals surface area (Å²) >= 11 is 6.10. The molecule has 5 N–H and O–H groups in total. The van der Waals surface area contributed by atoms with Gasteiger partial charge in [0.15, 0.2) is 11.5 Å². The molecule has 1 amide bonds. The molecule has 2 aromatic rings. The van der Waals surface area contributed by atoms with Crippen LogP contribution in [0.3, 0.4) is 0 Å². The molecule has 1 aliphatic heterocycles. The van der Waals surface area contributed by atoms with E-state index < -0.39 is 5.91 Å². The number of hydrogen-bond acceptors (Lipinski definition) is 6. The zero-order valence-corrected chi connectivity index (χ0v) is 13.8. The lowest BCUT2D eigenvalue weighted by atomic mass is 10.1. The molecule has 1 atom stereocenters. The lowest BCUT2D eigenvalue weighted by molar-refractivity contribution is 0.102. The van der Waals surface area contributed by atoms with Crippen LogP contribution in [-0.4, -0.2) is 35.0 Å². The Labute approximate surface area is 145 Å². The number of carbonyl (C=O) groups excluding carboxylic acids is 1. The summed E-state index contributed by atoms with van der Waals surface area (Å²) in [5.41, 5.74) is 13.3. The predicted molar refractivity (Wildman–Crippen MR) is 95.3 cm³/mol. The number of nitrogens with zero attached hydrogens (tertiary/aromatic N) is 3. The SMILES string of the molecule is Nc1nccnc1C(=O)Nc1cc(Cl)ccc1N1CCCC(N)C1. The summed E-state index contributed by atoms with van der Waals surface area (Å²) in [5.74, 6) is -0.344. The van der Waals surface area contributed by atoms with Gasteiger partial charge in [0.25, 0.3) is 5.91 Å². The highest BCUT2D eigenvalue weighted by atomic mass is 35.5. The first-order chi connectivity index (χ1) is 11.5. The molecule has 1 aromatic carbocycles. The molecular formula is C16H19ClN6O. The van der Waals surface area contributed by atoms with Gasteiger partial charge in [-0.25, -0.2) is 9.97 Å². The number of nitrogens with two attached hydrogens (primary N) is 2. The Morgan fingerprint density at radius 1 is 1.33 bits per heavy atom. The summed E-state index contributed by atoms with van der Waals surface area (Å²) in [7, 11) is 0. The van der Waals surface area contributed by atoms with E-state index in [0.29, 0.717) is 10.7 Å². The maximum atomic E-state index is 12.5. The van der Waals surface area contributed by atoms with Gasteiger partial charge in [0.1, 0.15) is 0 Å². The van der Waals surface area contributed by atoms with Crippen molar-refractivity contribution in [2.45, 2.75) is 18.9 Å². The molecule has 1 aromatic heterocycles. The van der Waals surface area contributed by atoms with Crippen LogP contribution >= 0.6 is 11.6 Å². The minimum atomic E-state index is -0.426. The highest BCUT2D eigenvalue weighted by Crippen LogP contribution is 2.31. The number of aromatic nitrogens is 2. The molecule has 0 spiro atoms. The van der Waals surface area contributed by atoms with Crippen LogP contribution in [0.5, 0.6) is 0 Å². The number of anilines is 3. The average molecular weight is 347 g/mol. The summed E-state index contributed by atoms with van der Waals surface area (Å²) in [6, 6.07) is 5.51. The maximum Gasteiger partial charge on any atom is 0.278 e. The molecule has 7 nitrogen and oxygen atoms in total. The smallest absolute Gasteiger partial charge is 0.278 e. The van der Waals surface area contributed by atoms with Gasteiger partial charge in [0.05, 0.1) is 11.4 Å². The second-order valence-electron chi connectivity index (χ2n) is 5.75. The fourth-order valence-electron chi connectivity index (χ4n) is 2.82. The Hall–Kier alpha value is -2.38. The third kappa shape index (κ3) is 3.58. The predicted octanol–water partition coefficient (Wildman–Crippen LogP) is 1.89. The number of rotatable bonds is 3. The zero-order chi connectivity index (χ0) is 17.1. The van der Waals surface area contributed by atoms with Crippen LogP contribution < -0.4 is 21.7 Å². The normalized spacial score (nSPS) is 17.6. The number of hydrogen-bond donors (Lipinski definition) is 3. The first-order valence-corrected chi connectivity index (χ1v) is 8.10. The second-order valence-corrected chi connectivity index (χ2v) is 6.19. The van der Waals surface area contributed by atoms with Crippen LogP contribution in [0.1, 0.15) is 23.3 Å². The van der Waals surface area contributed by atoms with Crippen LogP contribution in [-0.2, 0) is 0 Å². The van der Waals surface area contributed by atoms with Crippen LogP contribution in [0, 0.1) is 0 Å². The van der Waals surface area contributed by atoms with Crippen LogP contribution in [0.2, 0.25) is 5.02 Å². The number of piperidine rings is 1. The molecule has 0 radical (unpaired) electrons. The molecule has 0 bridgehead atoms. The van der Waals surface area contributed by atoms with Crippen molar-refractivity contribution in [1.82, 2.24) is 9.97 Å². The molecule has 24 heavy (non-hydrogen) atoms. The van der Waals surface area contributed by atoms with E-state index in [4.69, 9.17) is 23.1 Å². The molecule has 2 heterocycles. The van der Waals surface area contributed by atoms with Crippen molar-refractivity contribution in [3.63, 3.8) is 0 Å². The summed E-state index contributed by atoms with van der Waals surface area (Å²) in [6.45, 7) is 1.61. The highest BCUT2D eigenvalue weighted by Gasteiger charge is 2.21. The minimum Gasteiger partial charge on any atom is -0.382 e. The van der Waals surface area contributed by atoms with E-state index >= 15 is 0 Å². The van der Waals surface area contributed by atoms with E-state index in [1.54, 1.807) is 12.1 Å². The molecule has 0 saturated carbocycles. The zero-order valence-electron chi connectivity index (χ0n) is 13.1. The molecule has 0 aliphatic carbocycles. The van der Waals surface area contributed by atoms with Crippen molar-refractivity contribution in [2.75, 3.05) is 29.0 Å². The Bertz CT molecular complexity index is 753. The van der Waals surface area contributed by atoms with Gasteiger partial charge >= 0.3 is 0 Å². The first-order valence-electron chi connectivity index (χ1n) is 7.72. The fourth-order valence-corrected chi connectivity index (χ4v) is 2.99. The van der Waals surface area contributed by atoms with E-state index in [9.17, 15) is 4.79 Å². The van der Waals surface area contributed by atoms with Crippen molar-refractivity contribution in [2.24, 2.45) is 5.73 Å². The van der Waals surface area contributed by atoms with E-state index in [1.165, 1.54) is 12.4 Å². The fraction of sp³-hybridized carbons (Fsp3) is 0.312. The number of nitrogen functional groups attached to an aromatic ring is 1. The number of nitrogens with one attached hydrogen (secondary N) is 1. The molecule has 3 rings (SSSR count). The molecule has 1 saturated heterocycles. The molecule has 1 aliphatic rings. The van der Waals surface area contributed by atoms with Gasteiger partial charge in [-0.1, -0.05) is 11.6 Å². The van der Waals surface area contributed by atoms with Gasteiger partial charge in [-0.2, -0.15) is 0 Å². The number of benzene rings is 1. The maximum absolute atomic E-state index is 12.5. The number of carbonyl (C=O) groups is 1. The topological polar surface area (TPSA) is 110 Å². The lowest BCUT2D eigenvalue weighted by Gasteiger charge is -2.34. The number of halogens is 1. The van der Waals surface area contributed by atoms with Gasteiger partial charge in [-0.05, 0) is 31.0 Å². The van der Waals surface area contributed by atoms with Crippen LogP contribution in [0.15, 0.2) is 30.6 Å². The second kappa shape index (κ2) is 7.02. The summed E-state index contributed by atoms with van der Waals surface area (Å²) in [5, 5.41) is 3.36. The highest BCUT2D eigenvalue weighted by molar-refractivity contribution is 6.31. The molecule has 1 unspecified atom stereocenters. The quantitative estimate of drug-likeness (QED) is 0.782. The standard InChI is InChI=1S/C16H19ClN6O/c17-10-3-4-13(23-7-1-2-11(18)9-23)12(8-10)22-16(24)14-15(19)21-6-5-20-14/h3-6,8,11H,1-2,7,9,18H2,(H2,19,21)(H,22,24).